The van der Waals surface area contributed by atoms with Gasteiger partial charge in [-0.1, -0.05) is 78.9 Å². The number of hydrogen-bond acceptors (Lipinski definition) is 10. The highest BCUT2D eigenvalue weighted by molar-refractivity contribution is 5.98. The number of aromatic hydroxyl groups is 3. The lowest BCUT2D eigenvalue weighted by atomic mass is 9.54. The first-order valence-electron chi connectivity index (χ1n) is 22.5. The van der Waals surface area contributed by atoms with Gasteiger partial charge in [0.25, 0.3) is 0 Å². The highest BCUT2D eigenvalue weighted by atomic mass is 16.6. The molecule has 66 heavy (non-hydrogen) atoms. The van der Waals surface area contributed by atoms with Gasteiger partial charge in [-0.2, -0.15) is 0 Å². The zero-order valence-electron chi connectivity index (χ0n) is 37.7. The van der Waals surface area contributed by atoms with Crippen LogP contribution in [0.2, 0.25) is 0 Å². The minimum absolute atomic E-state index is 0.0103. The summed E-state index contributed by atoms with van der Waals surface area (Å²) in [6.07, 6.45) is 0.871. The molecule has 0 aromatic heterocycles. The van der Waals surface area contributed by atoms with Crippen LogP contribution >= 0.6 is 0 Å². The van der Waals surface area contributed by atoms with Crippen molar-refractivity contribution in [2.45, 2.75) is 75.5 Å². The summed E-state index contributed by atoms with van der Waals surface area (Å²) in [5.74, 6) is -0.458. The Morgan fingerprint density at radius 1 is 0.712 bits per heavy atom. The van der Waals surface area contributed by atoms with Gasteiger partial charge in [0.2, 0.25) is 0 Å². The van der Waals surface area contributed by atoms with Gasteiger partial charge in [-0.15, -0.1) is 0 Å². The molecule has 2 aliphatic carbocycles. The summed E-state index contributed by atoms with van der Waals surface area (Å²) in [4.78, 5) is 27.6. The molecule has 0 amide bonds. The molecule has 7 aromatic carbocycles. The van der Waals surface area contributed by atoms with Crippen LogP contribution in [0.15, 0.2) is 127 Å². The third kappa shape index (κ3) is 8.85. The number of esters is 2. The molecule has 0 heterocycles. The van der Waals surface area contributed by atoms with Crippen LogP contribution in [0.5, 0.6) is 28.7 Å². The number of ether oxygens (including phenoxy) is 4. The summed E-state index contributed by atoms with van der Waals surface area (Å²) >= 11 is 0. The Morgan fingerprint density at radius 3 is 2.29 bits per heavy atom. The lowest BCUT2D eigenvalue weighted by Crippen LogP contribution is -2.52. The minimum Gasteiger partial charge on any atom is -0.508 e. The Kier molecular flexibility index (Phi) is 12.3. The SMILES string of the molecule is CNCc1cccc(-c2cc(O)cc3ccc(CC(=O)O[C@H]4C[C@@H](c5ccc(O)c(OC)c5)C[C@]5(c6ccc7ccccc7c6)Cc6cc(O)c(OC)cc6C[C@H]5[C@H](OC(C)=O)C4)cc23)c1. The Labute approximate surface area is 384 Å². The molecule has 0 spiro atoms. The maximum Gasteiger partial charge on any atom is 0.310 e. The number of carbonyl (C=O) groups is 2. The zero-order valence-corrected chi connectivity index (χ0v) is 37.7. The Balaban J connectivity index is 1.12. The van der Waals surface area contributed by atoms with Crippen LogP contribution in [0, 0.1) is 5.92 Å². The van der Waals surface area contributed by atoms with Gasteiger partial charge in [-0.3, -0.25) is 9.59 Å². The average Bonchev–Trinajstić information content (AvgIpc) is 3.30. The van der Waals surface area contributed by atoms with Gasteiger partial charge in [0.15, 0.2) is 23.0 Å². The molecule has 0 radical (unpaired) electrons. The number of carbonyl (C=O) groups excluding carboxylic acids is 2. The number of phenols is 3. The second-order valence-electron chi connectivity index (χ2n) is 18.0. The molecule has 4 N–H and O–H groups in total. The zero-order chi connectivity index (χ0) is 46.1. The Bertz CT molecular complexity index is 2960. The van der Waals surface area contributed by atoms with Crippen molar-refractivity contribution >= 4 is 33.5 Å². The average molecular weight is 886 g/mol. The van der Waals surface area contributed by atoms with Crippen molar-refractivity contribution in [2.75, 3.05) is 21.3 Å². The number of rotatable bonds is 11. The van der Waals surface area contributed by atoms with Gasteiger partial charge in [0, 0.05) is 31.2 Å². The number of nitrogens with one attached hydrogen (secondary N) is 1. The number of fused-ring (bicyclic) bond motifs is 4. The van der Waals surface area contributed by atoms with Crippen molar-refractivity contribution in [3.63, 3.8) is 0 Å². The summed E-state index contributed by atoms with van der Waals surface area (Å²) in [7, 11) is 4.96. The number of benzene rings is 7. The Morgan fingerprint density at radius 2 is 1.50 bits per heavy atom. The van der Waals surface area contributed by atoms with E-state index in [0.29, 0.717) is 43.7 Å². The van der Waals surface area contributed by atoms with Gasteiger partial charge in [-0.25, -0.2) is 0 Å². The number of methoxy groups -OCH3 is 2. The fourth-order valence-corrected chi connectivity index (χ4v) is 10.9. The molecule has 10 nitrogen and oxygen atoms in total. The van der Waals surface area contributed by atoms with Gasteiger partial charge in [-0.05, 0) is 153 Å². The molecule has 7 aromatic rings. The molecule has 1 fully saturated rings. The predicted octanol–water partition coefficient (Wildman–Crippen LogP) is 10.2. The fourth-order valence-electron chi connectivity index (χ4n) is 10.9. The third-order valence-electron chi connectivity index (χ3n) is 13.8. The van der Waals surface area contributed by atoms with E-state index in [1.54, 1.807) is 24.3 Å². The first-order valence-corrected chi connectivity index (χ1v) is 22.5. The molecule has 5 atom stereocenters. The largest absolute Gasteiger partial charge is 0.508 e. The first-order chi connectivity index (χ1) is 31.9. The van der Waals surface area contributed by atoms with Gasteiger partial charge in [0.1, 0.15) is 18.0 Å². The van der Waals surface area contributed by atoms with Crippen LogP contribution in [0.25, 0.3) is 32.7 Å². The van der Waals surface area contributed by atoms with Crippen molar-refractivity contribution in [1.29, 1.82) is 0 Å². The highest BCUT2D eigenvalue weighted by Gasteiger charge is 2.52. The van der Waals surface area contributed by atoms with Crippen molar-refractivity contribution in [3.05, 3.63) is 161 Å². The van der Waals surface area contributed by atoms with Crippen LogP contribution < -0.4 is 14.8 Å². The van der Waals surface area contributed by atoms with E-state index >= 15 is 0 Å². The van der Waals surface area contributed by atoms with E-state index in [1.807, 2.05) is 67.7 Å². The highest BCUT2D eigenvalue weighted by Crippen LogP contribution is 2.55. The Hall–Kier alpha value is -7.04. The fraction of sp³-hybridized carbons (Fsp3) is 0.286. The molecule has 10 heteroatoms. The molecule has 0 bridgehead atoms. The van der Waals surface area contributed by atoms with Crippen molar-refractivity contribution < 1.29 is 43.9 Å². The van der Waals surface area contributed by atoms with Gasteiger partial charge in [0.05, 0.1) is 20.6 Å². The van der Waals surface area contributed by atoms with Gasteiger partial charge >= 0.3 is 11.9 Å². The molecule has 0 saturated heterocycles. The monoisotopic (exact) mass is 885 g/mol. The van der Waals surface area contributed by atoms with Crippen molar-refractivity contribution in [1.82, 2.24) is 5.32 Å². The maximum absolute atomic E-state index is 14.3. The van der Waals surface area contributed by atoms with Gasteiger partial charge < -0.3 is 39.6 Å². The summed E-state index contributed by atoms with van der Waals surface area (Å²) < 4.78 is 24.2. The smallest absolute Gasteiger partial charge is 0.310 e. The number of phenolic OH excluding ortho intramolecular Hbond substituents is 3. The van der Waals surface area contributed by atoms with Crippen LogP contribution in [0.1, 0.15) is 65.5 Å². The quantitative estimate of drug-likeness (QED) is 0.0927. The van der Waals surface area contributed by atoms with E-state index in [9.17, 15) is 24.9 Å². The second-order valence-corrected chi connectivity index (χ2v) is 18.0. The van der Waals surface area contributed by atoms with E-state index in [-0.39, 0.29) is 41.9 Å². The molecule has 0 unspecified atom stereocenters. The molecule has 2 aliphatic rings. The third-order valence-corrected chi connectivity index (χ3v) is 13.8. The molecule has 9 rings (SSSR count). The van der Waals surface area contributed by atoms with Crippen LogP contribution in [0.3, 0.4) is 0 Å². The molecular weight excluding hydrogens is 831 g/mol. The van der Waals surface area contributed by atoms with Crippen LogP contribution in [0.4, 0.5) is 0 Å². The lowest BCUT2D eigenvalue weighted by molar-refractivity contribution is -0.160. The lowest BCUT2D eigenvalue weighted by Gasteiger charge is -2.52. The van der Waals surface area contributed by atoms with E-state index in [0.717, 1.165) is 66.1 Å². The van der Waals surface area contributed by atoms with Crippen molar-refractivity contribution in [2.24, 2.45) is 5.92 Å². The van der Waals surface area contributed by atoms with Crippen LogP contribution in [-0.4, -0.2) is 60.7 Å². The molecule has 0 aliphatic heterocycles. The topological polar surface area (TPSA) is 144 Å². The molecule has 338 valence electrons. The van der Waals surface area contributed by atoms with E-state index in [4.69, 9.17) is 18.9 Å². The molecular formula is C56H55NO9. The molecule has 1 saturated carbocycles. The predicted molar refractivity (Wildman–Crippen MR) is 255 cm³/mol. The minimum atomic E-state index is -0.667. The summed E-state index contributed by atoms with van der Waals surface area (Å²) in [5, 5.41) is 39.7. The van der Waals surface area contributed by atoms with E-state index < -0.39 is 29.6 Å². The second kappa shape index (κ2) is 18.4. The maximum atomic E-state index is 14.3. The standard InChI is InChI=1S/C56H55NO9/c1-33(58)65-52-29-46(66-55(62)20-34-12-13-40-22-45(59)28-48(47(40)19-34)39-11-7-8-35(18-39)32-57-2)23-42(38-15-17-50(60)53(26-38)63-3)30-56(44-16-14-36-9-5-6-10-37(36)21-44)31-43-25-51(61)54(64-4)27-41(43)24-49(52)56/h5-19,21-22,25-28,42,46,49,52,57,59-61H,20,23-24,29-32H2,1-4H3/t42-,46+,49+,52-,56-/m1/s1. The summed E-state index contributed by atoms with van der Waals surface area (Å²) in [5.41, 5.74) is 6.96. The normalized spacial score (nSPS) is 20.4. The number of hydrogen-bond donors (Lipinski definition) is 4. The summed E-state index contributed by atoms with van der Waals surface area (Å²) in [6, 6.07) is 41.3. The van der Waals surface area contributed by atoms with Crippen molar-refractivity contribution in [3.8, 4) is 39.9 Å². The van der Waals surface area contributed by atoms with E-state index in [2.05, 4.69) is 47.8 Å². The summed E-state index contributed by atoms with van der Waals surface area (Å²) in [6.45, 7) is 2.12. The van der Waals surface area contributed by atoms with Crippen LogP contribution in [-0.2, 0) is 50.3 Å². The first kappa shape index (κ1) is 44.2. The van der Waals surface area contributed by atoms with E-state index in [1.165, 1.54) is 21.1 Å².